The highest BCUT2D eigenvalue weighted by Gasteiger charge is 2.53. The summed E-state index contributed by atoms with van der Waals surface area (Å²) in [4.78, 5) is 12.4. The van der Waals surface area contributed by atoms with Crippen LogP contribution in [-0.4, -0.2) is 37.3 Å². The number of nitrogens with zero attached hydrogens (tertiary/aromatic N) is 1. The van der Waals surface area contributed by atoms with E-state index in [0.29, 0.717) is 37.4 Å². The molecule has 0 bridgehead atoms. The number of rotatable bonds is 2. The summed E-state index contributed by atoms with van der Waals surface area (Å²) in [7, 11) is -3.79. The van der Waals surface area contributed by atoms with E-state index >= 15 is 0 Å². The van der Waals surface area contributed by atoms with Crippen molar-refractivity contribution in [2.75, 3.05) is 13.1 Å². The van der Waals surface area contributed by atoms with Crippen molar-refractivity contribution in [1.29, 1.82) is 0 Å². The molecule has 1 N–H and O–H groups in total. The number of piperidine rings is 1. The van der Waals surface area contributed by atoms with Gasteiger partial charge >= 0.3 is 0 Å². The molecule has 5 nitrogen and oxygen atoms in total. The van der Waals surface area contributed by atoms with E-state index in [9.17, 15) is 13.2 Å². The van der Waals surface area contributed by atoms with Crippen molar-refractivity contribution < 1.29 is 13.2 Å². The molecule has 2 fully saturated rings. The number of carbonyl (C=O) groups excluding carboxylic acids is 1. The Kier molecular flexibility index (Phi) is 4.14. The molecule has 1 spiro atoms. The summed E-state index contributed by atoms with van der Waals surface area (Å²) >= 11 is 11.8. The Morgan fingerprint density at radius 3 is 2.55 bits per heavy atom. The van der Waals surface area contributed by atoms with E-state index in [1.807, 2.05) is 0 Å². The standard InChI is InChI=1S/C14H16Cl2N2O3S/c15-11-4-3-10(9-12(11)16)22(20,21)18-8-2-6-14(18)5-1-7-17-13(14)19/h3-4,9H,1-2,5-8H2,(H,17,19). The number of carbonyl (C=O) groups is 1. The zero-order chi connectivity index (χ0) is 16.0. The predicted octanol–water partition coefficient (Wildman–Crippen LogP) is 2.43. The molecule has 120 valence electrons. The third kappa shape index (κ3) is 2.42. The van der Waals surface area contributed by atoms with Gasteiger partial charge in [0.15, 0.2) is 0 Å². The Balaban J connectivity index is 2.04. The summed E-state index contributed by atoms with van der Waals surface area (Å²) in [6.45, 7) is 0.942. The molecule has 1 aromatic carbocycles. The normalized spacial score (nSPS) is 26.4. The molecule has 8 heteroatoms. The van der Waals surface area contributed by atoms with Gasteiger partial charge in [-0.3, -0.25) is 4.79 Å². The van der Waals surface area contributed by atoms with Gasteiger partial charge in [0.2, 0.25) is 15.9 Å². The van der Waals surface area contributed by atoms with Crippen molar-refractivity contribution in [2.24, 2.45) is 0 Å². The van der Waals surface area contributed by atoms with E-state index in [0.717, 1.165) is 6.42 Å². The quantitative estimate of drug-likeness (QED) is 0.878. The van der Waals surface area contributed by atoms with Crippen molar-refractivity contribution >= 4 is 39.1 Å². The van der Waals surface area contributed by atoms with E-state index in [1.165, 1.54) is 22.5 Å². The number of nitrogens with one attached hydrogen (secondary N) is 1. The summed E-state index contributed by atoms with van der Waals surface area (Å²) in [6.07, 6.45) is 2.56. The topological polar surface area (TPSA) is 66.5 Å². The van der Waals surface area contributed by atoms with Crippen molar-refractivity contribution in [3.05, 3.63) is 28.2 Å². The molecule has 0 aliphatic carbocycles. The van der Waals surface area contributed by atoms with Crippen LogP contribution in [0.25, 0.3) is 0 Å². The number of sulfonamides is 1. The first-order valence-corrected chi connectivity index (χ1v) is 9.34. The summed E-state index contributed by atoms with van der Waals surface area (Å²) in [6, 6.07) is 4.22. The highest BCUT2D eigenvalue weighted by molar-refractivity contribution is 7.89. The van der Waals surface area contributed by atoms with Crippen LogP contribution in [0.2, 0.25) is 10.0 Å². The first kappa shape index (κ1) is 16.1. The van der Waals surface area contributed by atoms with Crippen LogP contribution in [0.3, 0.4) is 0 Å². The minimum atomic E-state index is -3.79. The lowest BCUT2D eigenvalue weighted by molar-refractivity contribution is -0.131. The van der Waals surface area contributed by atoms with Crippen molar-refractivity contribution in [3.8, 4) is 0 Å². The van der Waals surface area contributed by atoms with Crippen molar-refractivity contribution in [2.45, 2.75) is 36.1 Å². The summed E-state index contributed by atoms with van der Waals surface area (Å²) < 4.78 is 27.3. The molecular weight excluding hydrogens is 347 g/mol. The molecular formula is C14H16Cl2N2O3S. The molecule has 3 rings (SSSR count). The molecule has 0 saturated carbocycles. The van der Waals surface area contributed by atoms with Crippen LogP contribution in [0.5, 0.6) is 0 Å². The second-order valence-electron chi connectivity index (χ2n) is 5.65. The lowest BCUT2D eigenvalue weighted by atomic mass is 9.88. The zero-order valence-electron chi connectivity index (χ0n) is 11.8. The molecule has 2 aliphatic rings. The van der Waals surface area contributed by atoms with E-state index < -0.39 is 15.6 Å². The van der Waals surface area contributed by atoms with Gasteiger partial charge in [-0.05, 0) is 43.9 Å². The van der Waals surface area contributed by atoms with Gasteiger partial charge in [0, 0.05) is 13.1 Å². The highest BCUT2D eigenvalue weighted by Crippen LogP contribution is 2.40. The number of amides is 1. The lowest BCUT2D eigenvalue weighted by Gasteiger charge is -2.39. The third-order valence-electron chi connectivity index (χ3n) is 4.38. The number of halogens is 2. The van der Waals surface area contributed by atoms with Crippen molar-refractivity contribution in [1.82, 2.24) is 9.62 Å². The second-order valence-corrected chi connectivity index (χ2v) is 8.32. The number of benzene rings is 1. The van der Waals surface area contributed by atoms with Crippen LogP contribution in [0.4, 0.5) is 0 Å². The number of hydrogen-bond acceptors (Lipinski definition) is 3. The molecule has 1 amide bonds. The average Bonchev–Trinajstić information content (AvgIpc) is 2.90. The van der Waals surface area contributed by atoms with Crippen LogP contribution in [0, 0.1) is 0 Å². The van der Waals surface area contributed by atoms with Crippen LogP contribution in [-0.2, 0) is 14.8 Å². The minimum absolute atomic E-state index is 0.0709. The summed E-state index contributed by atoms with van der Waals surface area (Å²) in [5, 5.41) is 3.28. The third-order valence-corrected chi connectivity index (χ3v) is 7.08. The maximum atomic E-state index is 13.0. The van der Waals surface area contributed by atoms with Gasteiger partial charge < -0.3 is 5.32 Å². The van der Waals surface area contributed by atoms with Gasteiger partial charge in [0.05, 0.1) is 14.9 Å². The minimum Gasteiger partial charge on any atom is -0.354 e. The van der Waals surface area contributed by atoms with Gasteiger partial charge in [0.25, 0.3) is 0 Å². The smallest absolute Gasteiger partial charge is 0.244 e. The molecule has 2 saturated heterocycles. The highest BCUT2D eigenvalue weighted by atomic mass is 35.5. The summed E-state index contributed by atoms with van der Waals surface area (Å²) in [5.74, 6) is -0.195. The van der Waals surface area contributed by atoms with Gasteiger partial charge in [-0.2, -0.15) is 4.31 Å². The first-order chi connectivity index (χ1) is 10.4. The van der Waals surface area contributed by atoms with Crippen LogP contribution < -0.4 is 5.32 Å². The monoisotopic (exact) mass is 362 g/mol. The second kappa shape index (κ2) is 5.67. The molecule has 2 heterocycles. The Bertz CT molecular complexity index is 723. The van der Waals surface area contributed by atoms with E-state index in [2.05, 4.69) is 5.32 Å². The maximum Gasteiger partial charge on any atom is 0.244 e. The lowest BCUT2D eigenvalue weighted by Crippen LogP contribution is -2.60. The SMILES string of the molecule is O=C1NCCCC12CCCN2S(=O)(=O)c1ccc(Cl)c(Cl)c1. The van der Waals surface area contributed by atoms with E-state index in [-0.39, 0.29) is 15.8 Å². The van der Waals surface area contributed by atoms with Gasteiger partial charge in [-0.15, -0.1) is 0 Å². The van der Waals surface area contributed by atoms with Crippen LogP contribution >= 0.6 is 23.2 Å². The Hall–Kier alpha value is -0.820. The largest absolute Gasteiger partial charge is 0.354 e. The van der Waals surface area contributed by atoms with Crippen molar-refractivity contribution in [3.63, 3.8) is 0 Å². The molecule has 1 aromatic rings. The average molecular weight is 363 g/mol. The Morgan fingerprint density at radius 2 is 1.86 bits per heavy atom. The van der Waals surface area contributed by atoms with E-state index in [4.69, 9.17) is 23.2 Å². The fourth-order valence-corrected chi connectivity index (χ4v) is 5.53. The molecule has 1 atom stereocenters. The van der Waals surface area contributed by atoms with Crippen LogP contribution in [0.1, 0.15) is 25.7 Å². The molecule has 2 aliphatic heterocycles. The number of hydrogen-bond donors (Lipinski definition) is 1. The fraction of sp³-hybridized carbons (Fsp3) is 0.500. The summed E-state index contributed by atoms with van der Waals surface area (Å²) in [5.41, 5.74) is -0.955. The first-order valence-electron chi connectivity index (χ1n) is 7.14. The Labute approximate surface area is 139 Å². The molecule has 0 radical (unpaired) electrons. The van der Waals surface area contributed by atoms with E-state index in [1.54, 1.807) is 0 Å². The van der Waals surface area contributed by atoms with Gasteiger partial charge in [-0.1, -0.05) is 23.2 Å². The molecule has 1 unspecified atom stereocenters. The Morgan fingerprint density at radius 1 is 1.14 bits per heavy atom. The predicted molar refractivity (Wildman–Crippen MR) is 84.6 cm³/mol. The molecule has 22 heavy (non-hydrogen) atoms. The maximum absolute atomic E-state index is 13.0. The van der Waals surface area contributed by atoms with Gasteiger partial charge in [0.1, 0.15) is 5.54 Å². The fourth-order valence-electron chi connectivity index (χ4n) is 3.31. The van der Waals surface area contributed by atoms with Crippen LogP contribution in [0.15, 0.2) is 23.1 Å². The zero-order valence-corrected chi connectivity index (χ0v) is 14.1. The molecule has 0 aromatic heterocycles. The van der Waals surface area contributed by atoms with Gasteiger partial charge in [-0.25, -0.2) is 8.42 Å².